The van der Waals surface area contributed by atoms with Crippen molar-refractivity contribution in [2.45, 2.75) is 25.7 Å². The zero-order chi connectivity index (χ0) is 18.3. The van der Waals surface area contributed by atoms with E-state index in [0.717, 1.165) is 12.8 Å². The number of carbonyl (C=O) groups excluding carboxylic acids is 1. The molecule has 1 amide bonds. The Bertz CT molecular complexity index is 868. The van der Waals surface area contributed by atoms with Crippen LogP contribution in [0.15, 0.2) is 30.5 Å². The largest absolute Gasteiger partial charge is 0.481 e. The highest BCUT2D eigenvalue weighted by atomic mass is 32.1. The summed E-state index contributed by atoms with van der Waals surface area (Å²) in [6.45, 7) is 0.762. The molecule has 0 bridgehead atoms. The molecule has 1 aromatic carbocycles. The van der Waals surface area contributed by atoms with Gasteiger partial charge >= 0.3 is 5.97 Å². The molecule has 1 saturated heterocycles. The number of carboxylic acids is 1. The van der Waals surface area contributed by atoms with Gasteiger partial charge in [-0.3, -0.25) is 9.59 Å². The maximum Gasteiger partial charge on any atom is 0.311 e. The Morgan fingerprint density at radius 3 is 2.92 bits per heavy atom. The van der Waals surface area contributed by atoms with E-state index in [9.17, 15) is 19.1 Å². The number of benzene rings is 1. The first-order valence-electron chi connectivity index (χ1n) is 8.70. The average Bonchev–Trinajstić information content (AvgIpc) is 3.30. The standard InChI is InChI=1S/C19H19FN2O3S/c20-14-6-2-1-4-12(14)8-16-21-9-15(26-16)17(23)22-10-13-5-3-7-19(13,11-22)18(24)25/h1-2,4,6,9,13H,3,5,7-8,10-11H2,(H,24,25)/t13-,19+/m0/s1. The van der Waals surface area contributed by atoms with E-state index in [2.05, 4.69) is 4.98 Å². The molecule has 0 spiro atoms. The van der Waals surface area contributed by atoms with Gasteiger partial charge in [0.1, 0.15) is 10.7 Å². The van der Waals surface area contributed by atoms with E-state index in [1.807, 2.05) is 0 Å². The summed E-state index contributed by atoms with van der Waals surface area (Å²) in [6, 6.07) is 6.52. The lowest BCUT2D eigenvalue weighted by molar-refractivity contribution is -0.149. The number of carbonyl (C=O) groups is 2. The first-order valence-corrected chi connectivity index (χ1v) is 9.52. The number of aromatic nitrogens is 1. The van der Waals surface area contributed by atoms with Crippen molar-refractivity contribution in [2.75, 3.05) is 13.1 Å². The molecule has 0 radical (unpaired) electrons. The summed E-state index contributed by atoms with van der Waals surface area (Å²) in [5, 5.41) is 10.3. The van der Waals surface area contributed by atoms with E-state index >= 15 is 0 Å². The second-order valence-corrected chi connectivity index (χ2v) is 8.24. The maximum atomic E-state index is 13.8. The molecule has 5 nitrogen and oxygen atoms in total. The first-order chi connectivity index (χ1) is 12.5. The zero-order valence-corrected chi connectivity index (χ0v) is 15.0. The molecule has 2 heterocycles. The Balaban J connectivity index is 1.49. The first kappa shape index (κ1) is 17.1. The van der Waals surface area contributed by atoms with Crippen LogP contribution < -0.4 is 0 Å². The summed E-state index contributed by atoms with van der Waals surface area (Å²) < 4.78 is 13.8. The lowest BCUT2D eigenvalue weighted by atomic mass is 9.81. The molecule has 2 aromatic rings. The van der Waals surface area contributed by atoms with Crippen LogP contribution in [0.3, 0.4) is 0 Å². The zero-order valence-electron chi connectivity index (χ0n) is 14.2. The summed E-state index contributed by atoms with van der Waals surface area (Å²) >= 11 is 1.25. The van der Waals surface area contributed by atoms with Gasteiger partial charge in [0.15, 0.2) is 0 Å². The highest BCUT2D eigenvalue weighted by Crippen LogP contribution is 2.49. The van der Waals surface area contributed by atoms with E-state index < -0.39 is 11.4 Å². The van der Waals surface area contributed by atoms with Crippen LogP contribution >= 0.6 is 11.3 Å². The van der Waals surface area contributed by atoms with E-state index in [1.54, 1.807) is 23.1 Å². The number of fused-ring (bicyclic) bond motifs is 1. The fourth-order valence-corrected chi connectivity index (χ4v) is 5.15. The average molecular weight is 374 g/mol. The minimum absolute atomic E-state index is 0.0368. The maximum absolute atomic E-state index is 13.8. The van der Waals surface area contributed by atoms with Gasteiger partial charge < -0.3 is 10.0 Å². The van der Waals surface area contributed by atoms with Crippen LogP contribution in [0.2, 0.25) is 0 Å². The van der Waals surface area contributed by atoms with E-state index in [4.69, 9.17) is 0 Å². The van der Waals surface area contributed by atoms with Crippen LogP contribution in [0.5, 0.6) is 0 Å². The second kappa shape index (κ2) is 6.46. The van der Waals surface area contributed by atoms with Gasteiger partial charge in [-0.25, -0.2) is 9.37 Å². The van der Waals surface area contributed by atoms with Gasteiger partial charge in [-0.1, -0.05) is 24.6 Å². The second-order valence-electron chi connectivity index (χ2n) is 7.12. The number of rotatable bonds is 4. The Morgan fingerprint density at radius 1 is 1.38 bits per heavy atom. The number of thiazole rings is 1. The molecule has 2 fully saturated rings. The lowest BCUT2D eigenvalue weighted by Crippen LogP contribution is -2.37. The third-order valence-electron chi connectivity index (χ3n) is 5.65. The van der Waals surface area contributed by atoms with Crippen molar-refractivity contribution in [1.29, 1.82) is 0 Å². The van der Waals surface area contributed by atoms with Crippen molar-refractivity contribution >= 4 is 23.2 Å². The van der Waals surface area contributed by atoms with Crippen LogP contribution in [0.25, 0.3) is 0 Å². The van der Waals surface area contributed by atoms with Crippen molar-refractivity contribution in [1.82, 2.24) is 9.88 Å². The molecule has 4 rings (SSSR count). The number of halogens is 1. The van der Waals surface area contributed by atoms with Gasteiger partial charge in [0, 0.05) is 19.5 Å². The molecule has 1 aliphatic heterocycles. The fraction of sp³-hybridized carbons (Fsp3) is 0.421. The lowest BCUT2D eigenvalue weighted by Gasteiger charge is -2.23. The molecule has 26 heavy (non-hydrogen) atoms. The van der Waals surface area contributed by atoms with E-state index in [0.29, 0.717) is 34.8 Å². The Kier molecular flexibility index (Phi) is 4.26. The molecule has 7 heteroatoms. The molecular weight excluding hydrogens is 355 g/mol. The summed E-state index contributed by atoms with van der Waals surface area (Å²) in [7, 11) is 0. The summed E-state index contributed by atoms with van der Waals surface area (Å²) in [6.07, 6.45) is 4.26. The Morgan fingerprint density at radius 2 is 2.19 bits per heavy atom. The minimum atomic E-state index is -0.792. The molecule has 1 N–H and O–H groups in total. The number of carboxylic acid groups (broad SMARTS) is 1. The SMILES string of the molecule is O=C(c1cnc(Cc2ccccc2F)s1)N1C[C@@H]2CCC[C@@]2(C(=O)O)C1. The highest BCUT2D eigenvalue weighted by molar-refractivity contribution is 7.13. The van der Waals surface area contributed by atoms with Crippen molar-refractivity contribution in [3.63, 3.8) is 0 Å². The van der Waals surface area contributed by atoms with Gasteiger partial charge in [-0.05, 0) is 30.4 Å². The predicted molar refractivity (Wildman–Crippen MR) is 94.6 cm³/mol. The number of hydrogen-bond acceptors (Lipinski definition) is 4. The fourth-order valence-electron chi connectivity index (χ4n) is 4.24. The Hall–Kier alpha value is -2.28. The highest BCUT2D eigenvalue weighted by Gasteiger charge is 2.55. The van der Waals surface area contributed by atoms with E-state index in [1.165, 1.54) is 23.6 Å². The normalized spacial score (nSPS) is 24.7. The quantitative estimate of drug-likeness (QED) is 0.892. The van der Waals surface area contributed by atoms with Crippen molar-refractivity contribution in [3.05, 3.63) is 51.7 Å². The Labute approximate surface area is 154 Å². The third-order valence-corrected chi connectivity index (χ3v) is 6.63. The molecule has 136 valence electrons. The van der Waals surface area contributed by atoms with Crippen LogP contribution in [0, 0.1) is 17.2 Å². The van der Waals surface area contributed by atoms with Crippen LogP contribution in [0.1, 0.15) is 39.5 Å². The summed E-state index contributed by atoms with van der Waals surface area (Å²) in [5.41, 5.74) is -0.238. The van der Waals surface area contributed by atoms with E-state index in [-0.39, 0.29) is 24.2 Å². The molecule has 1 aliphatic carbocycles. The van der Waals surface area contributed by atoms with Gasteiger partial charge in [0.05, 0.1) is 16.6 Å². The smallest absolute Gasteiger partial charge is 0.311 e. The molecule has 2 aliphatic rings. The number of aliphatic carboxylic acids is 1. The van der Waals surface area contributed by atoms with Gasteiger partial charge in [-0.15, -0.1) is 11.3 Å². The summed E-state index contributed by atoms with van der Waals surface area (Å²) in [5.74, 6) is -1.21. The van der Waals surface area contributed by atoms with Gasteiger partial charge in [0.2, 0.25) is 0 Å². The minimum Gasteiger partial charge on any atom is -0.481 e. The molecule has 1 aromatic heterocycles. The van der Waals surface area contributed by atoms with Crippen molar-refractivity contribution in [3.8, 4) is 0 Å². The summed E-state index contributed by atoms with van der Waals surface area (Å²) in [4.78, 5) is 31.0. The number of hydrogen-bond donors (Lipinski definition) is 1. The van der Waals surface area contributed by atoms with Crippen molar-refractivity contribution < 1.29 is 19.1 Å². The molecular formula is C19H19FN2O3S. The topological polar surface area (TPSA) is 70.5 Å². The van der Waals surface area contributed by atoms with Gasteiger partial charge in [0.25, 0.3) is 5.91 Å². The van der Waals surface area contributed by atoms with Crippen LogP contribution in [-0.2, 0) is 11.2 Å². The monoisotopic (exact) mass is 374 g/mol. The number of nitrogens with zero attached hydrogens (tertiary/aromatic N) is 2. The van der Waals surface area contributed by atoms with Crippen LogP contribution in [0.4, 0.5) is 4.39 Å². The van der Waals surface area contributed by atoms with Crippen molar-refractivity contribution in [2.24, 2.45) is 11.3 Å². The molecule has 0 unspecified atom stereocenters. The van der Waals surface area contributed by atoms with Crippen LogP contribution in [-0.4, -0.2) is 40.0 Å². The molecule has 2 atom stereocenters. The number of amides is 1. The molecule has 1 saturated carbocycles. The third kappa shape index (κ3) is 2.80. The predicted octanol–water partition coefficient (Wildman–Crippen LogP) is 3.20. The number of likely N-dealkylation sites (tertiary alicyclic amines) is 1. The van der Waals surface area contributed by atoms with Gasteiger partial charge in [-0.2, -0.15) is 0 Å².